The zero-order chi connectivity index (χ0) is 16.1. The van der Waals surface area contributed by atoms with Crippen molar-refractivity contribution >= 4 is 22.5 Å². The second-order valence-electron chi connectivity index (χ2n) is 5.33. The lowest BCUT2D eigenvalue weighted by molar-refractivity contribution is 0.310. The Morgan fingerprint density at radius 3 is 2.74 bits per heavy atom. The van der Waals surface area contributed by atoms with Gasteiger partial charge in [0, 0.05) is 23.0 Å². The Morgan fingerprint density at radius 2 is 1.91 bits per heavy atom. The minimum Gasteiger partial charge on any atom is -0.494 e. The Labute approximate surface area is 139 Å². The van der Waals surface area contributed by atoms with Crippen LogP contribution in [0.1, 0.15) is 12.8 Å². The Bertz CT molecular complexity index is 806. The van der Waals surface area contributed by atoms with Gasteiger partial charge in [-0.15, -0.1) is 11.6 Å². The molecule has 0 fully saturated rings. The van der Waals surface area contributed by atoms with Crippen LogP contribution in [0, 0.1) is 5.82 Å². The Kier molecular flexibility index (Phi) is 5.09. The Hall–Kier alpha value is -2.13. The van der Waals surface area contributed by atoms with Gasteiger partial charge in [-0.2, -0.15) is 0 Å². The van der Waals surface area contributed by atoms with Gasteiger partial charge in [0.1, 0.15) is 11.6 Å². The molecule has 0 amide bonds. The fourth-order valence-electron chi connectivity index (χ4n) is 2.41. The highest BCUT2D eigenvalue weighted by atomic mass is 35.5. The SMILES string of the molecule is Fc1cccc(-c2cnc3ccc(OCCCCCl)cc3c2)c1. The van der Waals surface area contributed by atoms with Crippen LogP contribution in [0.3, 0.4) is 0 Å². The van der Waals surface area contributed by atoms with Crippen LogP contribution in [0.5, 0.6) is 5.75 Å². The summed E-state index contributed by atoms with van der Waals surface area (Å²) >= 11 is 5.66. The quantitative estimate of drug-likeness (QED) is 0.444. The van der Waals surface area contributed by atoms with Gasteiger partial charge in [0.2, 0.25) is 0 Å². The molecule has 0 N–H and O–H groups in total. The van der Waals surface area contributed by atoms with E-state index in [0.717, 1.165) is 40.6 Å². The topological polar surface area (TPSA) is 22.1 Å². The highest BCUT2D eigenvalue weighted by Crippen LogP contribution is 2.26. The number of rotatable bonds is 6. The van der Waals surface area contributed by atoms with E-state index in [2.05, 4.69) is 4.98 Å². The molecule has 3 aromatic rings. The van der Waals surface area contributed by atoms with Crippen LogP contribution in [0.25, 0.3) is 22.0 Å². The molecule has 0 radical (unpaired) electrons. The lowest BCUT2D eigenvalue weighted by Gasteiger charge is -2.08. The van der Waals surface area contributed by atoms with Crippen LogP contribution in [-0.2, 0) is 0 Å². The molecule has 0 aliphatic heterocycles. The van der Waals surface area contributed by atoms with Crippen molar-refractivity contribution in [2.24, 2.45) is 0 Å². The summed E-state index contributed by atoms with van der Waals surface area (Å²) in [7, 11) is 0. The lowest BCUT2D eigenvalue weighted by Crippen LogP contribution is -1.97. The van der Waals surface area contributed by atoms with Crippen LogP contribution in [0.2, 0.25) is 0 Å². The fourth-order valence-corrected chi connectivity index (χ4v) is 2.60. The molecule has 2 aromatic carbocycles. The van der Waals surface area contributed by atoms with Gasteiger partial charge in [0.25, 0.3) is 0 Å². The van der Waals surface area contributed by atoms with Gasteiger partial charge in [-0.3, -0.25) is 4.98 Å². The number of fused-ring (bicyclic) bond motifs is 1. The number of ether oxygens (including phenoxy) is 1. The lowest BCUT2D eigenvalue weighted by atomic mass is 10.1. The summed E-state index contributed by atoms with van der Waals surface area (Å²) in [4.78, 5) is 4.44. The number of pyridine rings is 1. The maximum atomic E-state index is 13.4. The summed E-state index contributed by atoms with van der Waals surface area (Å²) in [5, 5.41) is 0.974. The Morgan fingerprint density at radius 1 is 1.00 bits per heavy atom. The second kappa shape index (κ2) is 7.42. The van der Waals surface area contributed by atoms with Crippen molar-refractivity contribution in [3.05, 3.63) is 60.5 Å². The monoisotopic (exact) mass is 329 g/mol. The number of hydrogen-bond donors (Lipinski definition) is 0. The molecule has 0 aliphatic carbocycles. The number of unbranched alkanes of at least 4 members (excludes halogenated alkanes) is 1. The highest BCUT2D eigenvalue weighted by Gasteiger charge is 2.04. The van der Waals surface area contributed by atoms with Gasteiger partial charge in [0.15, 0.2) is 0 Å². The van der Waals surface area contributed by atoms with Crippen molar-refractivity contribution in [2.45, 2.75) is 12.8 Å². The molecule has 0 bridgehead atoms. The predicted octanol–water partition coefficient (Wildman–Crippen LogP) is 5.44. The number of hydrogen-bond acceptors (Lipinski definition) is 2. The van der Waals surface area contributed by atoms with Crippen LogP contribution in [0.15, 0.2) is 54.7 Å². The summed E-state index contributed by atoms with van der Waals surface area (Å²) in [5.41, 5.74) is 2.59. The summed E-state index contributed by atoms with van der Waals surface area (Å²) in [6, 6.07) is 14.3. The first-order valence-electron chi connectivity index (χ1n) is 7.61. The van der Waals surface area contributed by atoms with Crippen molar-refractivity contribution in [3.8, 4) is 16.9 Å². The van der Waals surface area contributed by atoms with Gasteiger partial charge >= 0.3 is 0 Å². The second-order valence-corrected chi connectivity index (χ2v) is 5.71. The first-order chi connectivity index (χ1) is 11.3. The van der Waals surface area contributed by atoms with E-state index in [4.69, 9.17) is 16.3 Å². The third-order valence-corrected chi connectivity index (χ3v) is 3.87. The van der Waals surface area contributed by atoms with E-state index >= 15 is 0 Å². The molecule has 0 saturated heterocycles. The minimum absolute atomic E-state index is 0.251. The van der Waals surface area contributed by atoms with E-state index in [0.29, 0.717) is 12.5 Å². The summed E-state index contributed by atoms with van der Waals surface area (Å²) < 4.78 is 19.1. The highest BCUT2D eigenvalue weighted by molar-refractivity contribution is 6.17. The minimum atomic E-state index is -0.251. The van der Waals surface area contributed by atoms with Gasteiger partial charge in [0.05, 0.1) is 12.1 Å². The van der Waals surface area contributed by atoms with Crippen LogP contribution >= 0.6 is 11.6 Å². The zero-order valence-corrected chi connectivity index (χ0v) is 13.4. The molecule has 4 heteroatoms. The van der Waals surface area contributed by atoms with Crippen LogP contribution in [0.4, 0.5) is 4.39 Å². The average Bonchev–Trinajstić information content (AvgIpc) is 2.58. The molecule has 0 unspecified atom stereocenters. The van der Waals surface area contributed by atoms with E-state index in [-0.39, 0.29) is 5.82 Å². The van der Waals surface area contributed by atoms with Gasteiger partial charge < -0.3 is 4.74 Å². The average molecular weight is 330 g/mol. The number of aromatic nitrogens is 1. The standard InChI is InChI=1S/C19H17ClFNO/c20-8-1-2-9-23-18-6-7-19-15(12-18)10-16(13-22-19)14-4-3-5-17(21)11-14/h3-7,10-13H,1-2,8-9H2. The number of benzene rings is 2. The molecule has 0 atom stereocenters. The van der Waals surface area contributed by atoms with Crippen LogP contribution < -0.4 is 4.74 Å². The maximum Gasteiger partial charge on any atom is 0.123 e. The van der Waals surface area contributed by atoms with Crippen molar-refractivity contribution in [3.63, 3.8) is 0 Å². The molecule has 118 valence electrons. The molecule has 2 nitrogen and oxygen atoms in total. The molecule has 0 spiro atoms. The third-order valence-electron chi connectivity index (χ3n) is 3.61. The number of nitrogens with zero attached hydrogens (tertiary/aromatic N) is 1. The van der Waals surface area contributed by atoms with Crippen LogP contribution in [-0.4, -0.2) is 17.5 Å². The third kappa shape index (κ3) is 3.99. The first kappa shape index (κ1) is 15.8. The van der Waals surface area contributed by atoms with E-state index in [1.165, 1.54) is 12.1 Å². The summed E-state index contributed by atoms with van der Waals surface area (Å²) in [6.45, 7) is 0.648. The van der Waals surface area contributed by atoms with Gasteiger partial charge in [-0.1, -0.05) is 12.1 Å². The van der Waals surface area contributed by atoms with Crippen molar-refractivity contribution in [1.29, 1.82) is 0 Å². The van der Waals surface area contributed by atoms with E-state index in [1.54, 1.807) is 12.3 Å². The van der Waals surface area contributed by atoms with Gasteiger partial charge in [-0.25, -0.2) is 4.39 Å². The van der Waals surface area contributed by atoms with E-state index < -0.39 is 0 Å². The zero-order valence-electron chi connectivity index (χ0n) is 12.6. The summed E-state index contributed by atoms with van der Waals surface area (Å²) in [6.07, 6.45) is 3.64. The van der Waals surface area contributed by atoms with Crippen molar-refractivity contribution in [1.82, 2.24) is 4.98 Å². The van der Waals surface area contributed by atoms with E-state index in [9.17, 15) is 4.39 Å². The predicted molar refractivity (Wildman–Crippen MR) is 92.6 cm³/mol. The van der Waals surface area contributed by atoms with E-state index in [1.807, 2.05) is 30.3 Å². The molecule has 1 heterocycles. The van der Waals surface area contributed by atoms with Crippen molar-refractivity contribution < 1.29 is 9.13 Å². The first-order valence-corrected chi connectivity index (χ1v) is 8.14. The Balaban J connectivity index is 1.85. The number of halogens is 2. The van der Waals surface area contributed by atoms with Gasteiger partial charge in [-0.05, 0) is 54.8 Å². The molecule has 23 heavy (non-hydrogen) atoms. The molecule has 3 rings (SSSR count). The molecular formula is C19H17ClFNO. The molecule has 0 saturated carbocycles. The molecule has 0 aliphatic rings. The summed E-state index contributed by atoms with van der Waals surface area (Å²) in [5.74, 6) is 1.21. The molecular weight excluding hydrogens is 313 g/mol. The molecule has 1 aromatic heterocycles. The fraction of sp³-hybridized carbons (Fsp3) is 0.211. The smallest absolute Gasteiger partial charge is 0.123 e. The largest absolute Gasteiger partial charge is 0.494 e. The van der Waals surface area contributed by atoms with Crippen molar-refractivity contribution in [2.75, 3.05) is 12.5 Å². The maximum absolute atomic E-state index is 13.4. The normalized spacial score (nSPS) is 10.9. The number of alkyl halides is 1.